The number of hydrogen-bond acceptors (Lipinski definition) is 5. The topological polar surface area (TPSA) is 119 Å². The van der Waals surface area contributed by atoms with E-state index in [9.17, 15) is 4.79 Å². The van der Waals surface area contributed by atoms with Gasteiger partial charge >= 0.3 is 6.03 Å². The molecule has 0 saturated carbocycles. The zero-order valence-electron chi connectivity index (χ0n) is 17.2. The Morgan fingerprint density at radius 1 is 0.969 bits per heavy atom. The van der Waals surface area contributed by atoms with Gasteiger partial charge in [-0.1, -0.05) is 48.5 Å². The predicted molar refractivity (Wildman–Crippen MR) is 141 cm³/mol. The second-order valence-electron chi connectivity index (χ2n) is 6.51. The lowest BCUT2D eigenvalue weighted by molar-refractivity contribution is 0.252. The van der Waals surface area contributed by atoms with E-state index in [1.165, 1.54) is 0 Å². The molecule has 4 rings (SSSR count). The van der Waals surface area contributed by atoms with Crippen LogP contribution in [0.1, 0.15) is 9.84 Å². The highest BCUT2D eigenvalue weighted by atomic mass is 32.2. The molecule has 3 aromatic carbocycles. The number of amides is 2. The lowest BCUT2D eigenvalue weighted by atomic mass is 10.1. The second-order valence-corrected chi connectivity index (χ2v) is 7.92. The van der Waals surface area contributed by atoms with Gasteiger partial charge in [0, 0.05) is 39.1 Å². The Kier molecular flexibility index (Phi) is 10.3. The molecule has 0 bridgehead atoms. The normalized spacial score (nSPS) is 9.66. The third-order valence-corrected chi connectivity index (χ3v) is 5.56. The van der Waals surface area contributed by atoms with E-state index in [1.807, 2.05) is 71.4 Å². The minimum absolute atomic E-state index is 0. The fourth-order valence-electron chi connectivity index (χ4n) is 2.72. The molecule has 32 heavy (non-hydrogen) atoms. The number of nitrogens with two attached hydrogens (primary N) is 1. The number of nitrogen functional groups attached to an aromatic ring is 1. The number of benzene rings is 3. The first-order chi connectivity index (χ1) is 15.2. The van der Waals surface area contributed by atoms with Crippen LogP contribution < -0.4 is 16.4 Å². The SMILES string of the molecule is Nc1ccc(NC(=O)NCc2ccsc2)cc1.O.OSc1ccccc1-c1ccccc1.[HH].[HH].[HH]. The number of thiophene rings is 1. The van der Waals surface area contributed by atoms with Crippen LogP contribution in [0.15, 0.2) is 101 Å². The van der Waals surface area contributed by atoms with Gasteiger partial charge in [-0.05, 0) is 63.8 Å². The summed E-state index contributed by atoms with van der Waals surface area (Å²) in [6, 6.07) is 26.6. The van der Waals surface area contributed by atoms with Crippen molar-refractivity contribution in [2.75, 3.05) is 11.1 Å². The Morgan fingerprint density at radius 2 is 1.66 bits per heavy atom. The molecule has 8 heteroatoms. The number of hydrogen-bond donors (Lipinski definition) is 4. The van der Waals surface area contributed by atoms with Crippen LogP contribution in [0.4, 0.5) is 16.2 Å². The van der Waals surface area contributed by atoms with Crippen molar-refractivity contribution < 1.29 is 19.1 Å². The Bertz CT molecular complexity index is 1090. The Balaban J connectivity index is 0. The van der Waals surface area contributed by atoms with Gasteiger partial charge in [-0.25, -0.2) is 4.79 Å². The van der Waals surface area contributed by atoms with Crippen LogP contribution in [0, 0.1) is 0 Å². The third kappa shape index (κ3) is 7.75. The summed E-state index contributed by atoms with van der Waals surface area (Å²) in [5, 5.41) is 9.49. The van der Waals surface area contributed by atoms with Crippen molar-refractivity contribution in [3.63, 3.8) is 0 Å². The molecule has 2 amide bonds. The minimum atomic E-state index is -0.221. The van der Waals surface area contributed by atoms with E-state index >= 15 is 0 Å². The van der Waals surface area contributed by atoms with Crippen molar-refractivity contribution in [1.82, 2.24) is 5.32 Å². The first-order valence-electron chi connectivity index (χ1n) is 9.53. The van der Waals surface area contributed by atoms with Gasteiger partial charge in [0.1, 0.15) is 0 Å². The molecule has 0 unspecified atom stereocenters. The first-order valence-corrected chi connectivity index (χ1v) is 11.2. The van der Waals surface area contributed by atoms with E-state index in [2.05, 4.69) is 10.6 Å². The molecule has 7 N–H and O–H groups in total. The van der Waals surface area contributed by atoms with Crippen molar-refractivity contribution in [3.05, 3.63) is 101 Å². The van der Waals surface area contributed by atoms with E-state index in [0.29, 0.717) is 12.2 Å². The van der Waals surface area contributed by atoms with Crippen LogP contribution in [0.2, 0.25) is 0 Å². The molecule has 1 heterocycles. The lowest BCUT2D eigenvalue weighted by Gasteiger charge is -2.06. The van der Waals surface area contributed by atoms with E-state index < -0.39 is 0 Å². The number of nitrogens with one attached hydrogen (secondary N) is 2. The van der Waals surface area contributed by atoms with Gasteiger partial charge in [0.25, 0.3) is 0 Å². The van der Waals surface area contributed by atoms with E-state index in [0.717, 1.165) is 39.3 Å². The highest BCUT2D eigenvalue weighted by molar-refractivity contribution is 7.93. The molecule has 0 fully saturated rings. The summed E-state index contributed by atoms with van der Waals surface area (Å²) >= 11 is 2.40. The first kappa shape index (κ1) is 25.0. The molecule has 0 spiro atoms. The fourth-order valence-corrected chi connectivity index (χ4v) is 3.81. The van der Waals surface area contributed by atoms with Crippen molar-refractivity contribution in [1.29, 1.82) is 0 Å². The van der Waals surface area contributed by atoms with Crippen LogP contribution in [0.5, 0.6) is 0 Å². The zero-order chi connectivity index (χ0) is 21.9. The summed E-state index contributed by atoms with van der Waals surface area (Å²) < 4.78 is 9.10. The second kappa shape index (κ2) is 13.2. The lowest BCUT2D eigenvalue weighted by Crippen LogP contribution is -2.27. The molecule has 172 valence electrons. The highest BCUT2D eigenvalue weighted by Crippen LogP contribution is 2.29. The molecule has 0 aliphatic heterocycles. The molecule has 0 atom stereocenters. The molecular weight excluding hydrogens is 442 g/mol. The summed E-state index contributed by atoms with van der Waals surface area (Å²) in [7, 11) is 0. The fraction of sp³-hybridized carbons (Fsp3) is 0.0417. The molecule has 1 aromatic heterocycles. The van der Waals surface area contributed by atoms with E-state index in [4.69, 9.17) is 10.3 Å². The summed E-state index contributed by atoms with van der Waals surface area (Å²) in [5.41, 5.74) is 10.3. The standard InChI is InChI=1S/C12H13N3OS.C12H10OS.H2O.3H2/c13-10-1-3-11(4-2-10)15-12(16)14-7-9-5-6-17-8-9;13-14-12-9-5-4-8-11(12)10-6-2-1-3-7-10;;;;/h1-6,8H,7,13H2,(H2,14,15,16);1-9,13H;1H2;3*1H. The van der Waals surface area contributed by atoms with Gasteiger partial charge < -0.3 is 26.4 Å². The number of anilines is 2. The average Bonchev–Trinajstić information content (AvgIpc) is 3.34. The maximum atomic E-state index is 11.5. The van der Waals surface area contributed by atoms with Gasteiger partial charge in [0.05, 0.1) is 0 Å². The average molecular weight is 474 g/mol. The molecule has 0 aliphatic rings. The molecule has 6 nitrogen and oxygen atoms in total. The molecule has 0 saturated heterocycles. The Morgan fingerprint density at radius 3 is 2.31 bits per heavy atom. The molecule has 4 aromatic rings. The number of rotatable bonds is 5. The van der Waals surface area contributed by atoms with E-state index in [-0.39, 0.29) is 15.8 Å². The van der Waals surface area contributed by atoms with Gasteiger partial charge in [-0.3, -0.25) is 0 Å². The summed E-state index contributed by atoms with van der Waals surface area (Å²) in [5.74, 6) is 0. The van der Waals surface area contributed by atoms with Crippen molar-refractivity contribution in [3.8, 4) is 11.1 Å². The van der Waals surface area contributed by atoms with E-state index in [1.54, 1.807) is 35.6 Å². The van der Waals surface area contributed by atoms with Gasteiger partial charge in [0.15, 0.2) is 0 Å². The smallest absolute Gasteiger partial charge is 0.319 e. The van der Waals surface area contributed by atoms with Crippen LogP contribution in [-0.2, 0) is 6.54 Å². The number of carbonyl (C=O) groups excluding carboxylic acids is 1. The maximum absolute atomic E-state index is 11.5. The molecular formula is C24H31N3O3S2. The Labute approximate surface area is 200 Å². The summed E-state index contributed by atoms with van der Waals surface area (Å²) in [6.45, 7) is 0.532. The zero-order valence-corrected chi connectivity index (χ0v) is 18.8. The van der Waals surface area contributed by atoms with Gasteiger partial charge in [-0.2, -0.15) is 11.3 Å². The monoisotopic (exact) mass is 473 g/mol. The maximum Gasteiger partial charge on any atom is 0.319 e. The number of urea groups is 1. The summed E-state index contributed by atoms with van der Waals surface area (Å²) in [6.07, 6.45) is 0. The van der Waals surface area contributed by atoms with Gasteiger partial charge in [-0.15, -0.1) is 0 Å². The third-order valence-electron chi connectivity index (χ3n) is 4.27. The quantitative estimate of drug-likeness (QED) is 0.196. The van der Waals surface area contributed by atoms with Crippen molar-refractivity contribution >= 4 is 40.8 Å². The largest absolute Gasteiger partial charge is 0.412 e. The predicted octanol–water partition coefficient (Wildman–Crippen LogP) is 6.48. The van der Waals surface area contributed by atoms with Crippen molar-refractivity contribution in [2.24, 2.45) is 0 Å². The molecule has 0 radical (unpaired) electrons. The summed E-state index contributed by atoms with van der Waals surface area (Å²) in [4.78, 5) is 12.4. The highest BCUT2D eigenvalue weighted by Gasteiger charge is 2.03. The van der Waals surface area contributed by atoms with Gasteiger partial charge in [0.2, 0.25) is 0 Å². The molecule has 0 aliphatic carbocycles. The number of carbonyl (C=O) groups is 1. The van der Waals surface area contributed by atoms with Crippen LogP contribution >= 0.6 is 23.4 Å². The van der Waals surface area contributed by atoms with Crippen LogP contribution in [0.25, 0.3) is 11.1 Å². The minimum Gasteiger partial charge on any atom is -0.412 e. The van der Waals surface area contributed by atoms with Crippen LogP contribution in [0.3, 0.4) is 0 Å². The van der Waals surface area contributed by atoms with Crippen LogP contribution in [-0.4, -0.2) is 16.1 Å². The Hall–Kier alpha value is -3.30. The van der Waals surface area contributed by atoms with Crippen molar-refractivity contribution in [2.45, 2.75) is 11.4 Å².